The fourth-order valence-corrected chi connectivity index (χ4v) is 3.31. The smallest absolute Gasteiger partial charge is 0.0798 e. The lowest BCUT2D eigenvalue weighted by molar-refractivity contribution is 0.701. The Balaban J connectivity index is 2.20. The van der Waals surface area contributed by atoms with Crippen molar-refractivity contribution in [1.82, 2.24) is 15.3 Å². The van der Waals surface area contributed by atoms with Gasteiger partial charge in [-0.05, 0) is 20.0 Å². The molecule has 0 aliphatic heterocycles. The molecule has 1 N–H and O–H groups in total. The molecule has 3 aromatic rings. The number of nitrogens with zero attached hydrogens (tertiary/aromatic N) is 2. The molecule has 2 aromatic heterocycles. The summed E-state index contributed by atoms with van der Waals surface area (Å²) in [4.78, 5) is 10.1. The molecule has 0 radical (unpaired) electrons. The Hall–Kier alpha value is -1.78. The van der Waals surface area contributed by atoms with Gasteiger partial charge in [0.05, 0.1) is 22.8 Å². The molecule has 1 unspecified atom stereocenters. The van der Waals surface area contributed by atoms with Crippen molar-refractivity contribution < 1.29 is 0 Å². The molecule has 19 heavy (non-hydrogen) atoms. The van der Waals surface area contributed by atoms with Crippen LogP contribution in [0.25, 0.3) is 10.9 Å². The number of fused-ring (bicyclic) bond motifs is 1. The molecule has 0 amide bonds. The zero-order valence-corrected chi connectivity index (χ0v) is 11.7. The highest BCUT2D eigenvalue weighted by Crippen LogP contribution is 2.31. The first-order valence-electron chi connectivity index (χ1n) is 6.22. The fourth-order valence-electron chi connectivity index (χ4n) is 2.38. The predicted molar refractivity (Wildman–Crippen MR) is 79.5 cm³/mol. The SMILES string of the molecule is CNC(c1scnc1C)c1cccc2cccnc12. The van der Waals surface area contributed by atoms with Crippen LogP contribution in [0.5, 0.6) is 0 Å². The molecular weight excluding hydrogens is 254 g/mol. The van der Waals surface area contributed by atoms with Gasteiger partial charge in [-0.15, -0.1) is 11.3 Å². The highest BCUT2D eigenvalue weighted by molar-refractivity contribution is 7.09. The Morgan fingerprint density at radius 2 is 2.00 bits per heavy atom. The number of aromatic nitrogens is 2. The Morgan fingerprint density at radius 1 is 1.16 bits per heavy atom. The molecule has 0 spiro atoms. The molecule has 96 valence electrons. The summed E-state index contributed by atoms with van der Waals surface area (Å²) >= 11 is 1.68. The van der Waals surface area contributed by atoms with Crippen LogP contribution < -0.4 is 5.32 Å². The van der Waals surface area contributed by atoms with E-state index in [1.165, 1.54) is 15.8 Å². The molecule has 2 heterocycles. The summed E-state index contributed by atoms with van der Waals surface area (Å²) in [7, 11) is 1.98. The van der Waals surface area contributed by atoms with E-state index in [1.807, 2.05) is 24.8 Å². The number of hydrogen-bond acceptors (Lipinski definition) is 4. The van der Waals surface area contributed by atoms with E-state index in [-0.39, 0.29) is 6.04 Å². The number of hydrogen-bond donors (Lipinski definition) is 1. The zero-order chi connectivity index (χ0) is 13.2. The van der Waals surface area contributed by atoms with Crippen molar-refractivity contribution in [3.8, 4) is 0 Å². The van der Waals surface area contributed by atoms with Gasteiger partial charge in [-0.25, -0.2) is 4.98 Å². The molecule has 0 fully saturated rings. The van der Waals surface area contributed by atoms with Crippen LogP contribution >= 0.6 is 11.3 Å². The summed E-state index contributed by atoms with van der Waals surface area (Å²) in [6.45, 7) is 2.05. The summed E-state index contributed by atoms with van der Waals surface area (Å²) in [5.41, 5.74) is 5.23. The zero-order valence-electron chi connectivity index (χ0n) is 10.9. The van der Waals surface area contributed by atoms with Gasteiger partial charge in [0.15, 0.2) is 0 Å². The summed E-state index contributed by atoms with van der Waals surface area (Å²) in [6, 6.07) is 10.5. The molecule has 3 rings (SSSR count). The normalized spacial score (nSPS) is 12.7. The number of para-hydroxylation sites is 1. The second-order valence-corrected chi connectivity index (χ2v) is 5.33. The highest BCUT2D eigenvalue weighted by Gasteiger charge is 2.19. The minimum atomic E-state index is 0.145. The number of thiazole rings is 1. The lowest BCUT2D eigenvalue weighted by atomic mass is 10.0. The third-order valence-corrected chi connectivity index (χ3v) is 4.30. The average molecular weight is 269 g/mol. The van der Waals surface area contributed by atoms with Crippen molar-refractivity contribution in [3.63, 3.8) is 0 Å². The second kappa shape index (κ2) is 5.07. The van der Waals surface area contributed by atoms with Gasteiger partial charge in [0.1, 0.15) is 0 Å². The van der Waals surface area contributed by atoms with Gasteiger partial charge in [0.25, 0.3) is 0 Å². The first kappa shape index (κ1) is 12.3. The van der Waals surface area contributed by atoms with Crippen molar-refractivity contribution in [1.29, 1.82) is 0 Å². The maximum Gasteiger partial charge on any atom is 0.0798 e. The van der Waals surface area contributed by atoms with Gasteiger partial charge in [-0.2, -0.15) is 0 Å². The van der Waals surface area contributed by atoms with E-state index in [0.717, 1.165) is 11.2 Å². The van der Waals surface area contributed by atoms with Gasteiger partial charge >= 0.3 is 0 Å². The van der Waals surface area contributed by atoms with E-state index < -0.39 is 0 Å². The fraction of sp³-hybridized carbons (Fsp3) is 0.200. The molecule has 1 atom stereocenters. The van der Waals surface area contributed by atoms with Gasteiger partial charge < -0.3 is 5.32 Å². The predicted octanol–water partition coefficient (Wildman–Crippen LogP) is 3.31. The largest absolute Gasteiger partial charge is 0.309 e. The van der Waals surface area contributed by atoms with Crippen LogP contribution in [0.2, 0.25) is 0 Å². The molecular formula is C15H15N3S. The van der Waals surface area contributed by atoms with Crippen molar-refractivity contribution in [2.45, 2.75) is 13.0 Å². The second-order valence-electron chi connectivity index (χ2n) is 4.45. The van der Waals surface area contributed by atoms with Crippen LogP contribution in [0.1, 0.15) is 22.2 Å². The maximum atomic E-state index is 4.53. The van der Waals surface area contributed by atoms with Crippen LogP contribution in [-0.2, 0) is 0 Å². The Morgan fingerprint density at radius 3 is 2.74 bits per heavy atom. The van der Waals surface area contributed by atoms with Gasteiger partial charge in [-0.3, -0.25) is 4.98 Å². The summed E-state index contributed by atoms with van der Waals surface area (Å²) in [6.07, 6.45) is 1.85. The third kappa shape index (κ3) is 2.13. The first-order valence-corrected chi connectivity index (χ1v) is 7.10. The molecule has 0 saturated heterocycles. The van der Waals surface area contributed by atoms with Crippen LogP contribution in [-0.4, -0.2) is 17.0 Å². The lowest BCUT2D eigenvalue weighted by Gasteiger charge is -2.17. The van der Waals surface area contributed by atoms with Crippen molar-refractivity contribution in [2.75, 3.05) is 7.05 Å². The van der Waals surface area contributed by atoms with Crippen molar-refractivity contribution in [2.24, 2.45) is 0 Å². The first-order chi connectivity index (χ1) is 9.31. The Labute approximate surface area is 116 Å². The summed E-state index contributed by atoms with van der Waals surface area (Å²) < 4.78 is 0. The van der Waals surface area contributed by atoms with Crippen LogP contribution in [0.15, 0.2) is 42.0 Å². The Kier molecular flexibility index (Phi) is 3.27. The third-order valence-electron chi connectivity index (χ3n) is 3.31. The number of pyridine rings is 1. The number of rotatable bonds is 3. The molecule has 1 aromatic carbocycles. The quantitative estimate of drug-likeness (QED) is 0.792. The van der Waals surface area contributed by atoms with E-state index >= 15 is 0 Å². The number of benzene rings is 1. The van der Waals surface area contributed by atoms with E-state index in [0.29, 0.717) is 0 Å². The summed E-state index contributed by atoms with van der Waals surface area (Å²) in [5, 5.41) is 4.55. The lowest BCUT2D eigenvalue weighted by Crippen LogP contribution is -2.18. The number of nitrogens with one attached hydrogen (secondary N) is 1. The minimum Gasteiger partial charge on any atom is -0.309 e. The monoisotopic (exact) mass is 269 g/mol. The standard InChI is InChI=1S/C15H15N3S/c1-10-15(19-9-18-10)14(16-2)12-7-3-5-11-6-4-8-17-13(11)12/h3-9,14,16H,1-2H3. The molecule has 3 nitrogen and oxygen atoms in total. The molecule has 0 aliphatic carbocycles. The minimum absolute atomic E-state index is 0.145. The van der Waals surface area contributed by atoms with Crippen LogP contribution in [0.3, 0.4) is 0 Å². The van der Waals surface area contributed by atoms with Crippen LogP contribution in [0, 0.1) is 6.92 Å². The maximum absolute atomic E-state index is 4.53. The van der Waals surface area contributed by atoms with Crippen molar-refractivity contribution >= 4 is 22.2 Å². The highest BCUT2D eigenvalue weighted by atomic mass is 32.1. The molecule has 0 aliphatic rings. The summed E-state index contributed by atoms with van der Waals surface area (Å²) in [5.74, 6) is 0. The van der Waals surface area contributed by atoms with Gasteiger partial charge in [-0.1, -0.05) is 24.3 Å². The van der Waals surface area contributed by atoms with Crippen molar-refractivity contribution in [3.05, 3.63) is 58.2 Å². The van der Waals surface area contributed by atoms with E-state index in [4.69, 9.17) is 0 Å². The Bertz CT molecular complexity index is 700. The van der Waals surface area contributed by atoms with E-state index in [1.54, 1.807) is 11.3 Å². The average Bonchev–Trinajstić information content (AvgIpc) is 2.86. The van der Waals surface area contributed by atoms with E-state index in [9.17, 15) is 0 Å². The van der Waals surface area contributed by atoms with E-state index in [2.05, 4.69) is 46.5 Å². The van der Waals surface area contributed by atoms with Gasteiger partial charge in [0.2, 0.25) is 0 Å². The van der Waals surface area contributed by atoms with Crippen LogP contribution in [0.4, 0.5) is 0 Å². The molecule has 4 heteroatoms. The number of aryl methyl sites for hydroxylation is 1. The molecule has 0 bridgehead atoms. The topological polar surface area (TPSA) is 37.8 Å². The molecule has 0 saturated carbocycles. The van der Waals surface area contributed by atoms with Gasteiger partial charge in [0, 0.05) is 22.0 Å².